The zero-order chi connectivity index (χ0) is 16.3. The van der Waals surface area contributed by atoms with Crippen molar-refractivity contribution in [3.63, 3.8) is 0 Å². The lowest BCUT2D eigenvalue weighted by Crippen LogP contribution is -2.34. The third-order valence-corrected chi connectivity index (χ3v) is 4.92. The van der Waals surface area contributed by atoms with Gasteiger partial charge in [0.25, 0.3) is 0 Å². The summed E-state index contributed by atoms with van der Waals surface area (Å²) in [6.07, 6.45) is 7.64. The van der Waals surface area contributed by atoms with Gasteiger partial charge >= 0.3 is 0 Å². The van der Waals surface area contributed by atoms with E-state index in [1.807, 2.05) is 18.3 Å². The van der Waals surface area contributed by atoms with E-state index in [2.05, 4.69) is 14.5 Å². The average Bonchev–Trinajstić information content (AvgIpc) is 3.04. The lowest BCUT2D eigenvalue weighted by atomic mass is 9.95. The Morgan fingerprint density at radius 2 is 1.83 bits per heavy atom. The van der Waals surface area contributed by atoms with Crippen LogP contribution in [0.15, 0.2) is 36.7 Å². The Balaban J connectivity index is 1.74. The minimum Gasteiger partial charge on any atom is -0.377 e. The molecule has 0 aliphatic carbocycles. The molecular formula is C18H24ClN3O. The Morgan fingerprint density at radius 1 is 1.13 bits per heavy atom. The summed E-state index contributed by atoms with van der Waals surface area (Å²) in [6.45, 7) is 5.99. The molecule has 2 aromatic rings. The van der Waals surface area contributed by atoms with Crippen molar-refractivity contribution in [1.82, 2.24) is 14.5 Å². The van der Waals surface area contributed by atoms with Gasteiger partial charge in [-0.25, -0.2) is 4.98 Å². The minimum atomic E-state index is -1.13. The molecule has 1 N–H and O–H groups in total. The summed E-state index contributed by atoms with van der Waals surface area (Å²) in [5.41, 5.74) is -0.331. The zero-order valence-electron chi connectivity index (χ0n) is 13.6. The molecule has 1 aliphatic rings. The third-order valence-electron chi connectivity index (χ3n) is 4.66. The van der Waals surface area contributed by atoms with Crippen molar-refractivity contribution in [1.29, 1.82) is 0 Å². The van der Waals surface area contributed by atoms with Crippen LogP contribution in [-0.2, 0) is 12.1 Å². The molecule has 1 unspecified atom stereocenters. The molecule has 0 radical (unpaired) electrons. The molecule has 0 amide bonds. The Kier molecular flexibility index (Phi) is 5.05. The van der Waals surface area contributed by atoms with Crippen molar-refractivity contribution in [2.45, 2.75) is 38.3 Å². The molecule has 1 aromatic heterocycles. The third kappa shape index (κ3) is 3.77. The molecule has 4 nitrogen and oxygen atoms in total. The maximum absolute atomic E-state index is 11.0. The normalized spacial score (nSPS) is 18.7. The summed E-state index contributed by atoms with van der Waals surface area (Å²) in [6, 6.07) is 7.30. The monoisotopic (exact) mass is 333 g/mol. The lowest BCUT2D eigenvalue weighted by molar-refractivity contribution is 0.0868. The van der Waals surface area contributed by atoms with Gasteiger partial charge in [-0.2, -0.15) is 0 Å². The molecule has 1 aliphatic heterocycles. The molecule has 23 heavy (non-hydrogen) atoms. The number of hydrogen-bond donors (Lipinski definition) is 1. The van der Waals surface area contributed by atoms with E-state index in [9.17, 15) is 5.11 Å². The smallest absolute Gasteiger partial charge is 0.145 e. The number of nitrogens with zero attached hydrogens (tertiary/aromatic N) is 3. The molecule has 3 rings (SSSR count). The molecule has 0 spiro atoms. The Morgan fingerprint density at radius 3 is 2.52 bits per heavy atom. The van der Waals surface area contributed by atoms with Crippen LogP contribution in [-0.4, -0.2) is 39.2 Å². The van der Waals surface area contributed by atoms with Crippen molar-refractivity contribution in [3.05, 3.63) is 53.1 Å². The van der Waals surface area contributed by atoms with Gasteiger partial charge < -0.3 is 14.6 Å². The number of benzene rings is 1. The second kappa shape index (κ2) is 7.04. The van der Waals surface area contributed by atoms with E-state index in [1.54, 1.807) is 25.3 Å². The largest absolute Gasteiger partial charge is 0.377 e. The number of aromatic nitrogens is 2. The quantitative estimate of drug-likeness (QED) is 0.913. The molecule has 1 fully saturated rings. The number of aliphatic hydroxyl groups is 1. The van der Waals surface area contributed by atoms with Crippen molar-refractivity contribution in [3.8, 4) is 0 Å². The van der Waals surface area contributed by atoms with E-state index in [1.165, 1.54) is 32.4 Å². The van der Waals surface area contributed by atoms with E-state index in [4.69, 9.17) is 11.6 Å². The summed E-state index contributed by atoms with van der Waals surface area (Å²) >= 11 is 5.95. The summed E-state index contributed by atoms with van der Waals surface area (Å²) in [5, 5.41) is 11.7. The van der Waals surface area contributed by atoms with E-state index in [-0.39, 0.29) is 0 Å². The van der Waals surface area contributed by atoms with Gasteiger partial charge in [-0.05, 0) is 50.6 Å². The van der Waals surface area contributed by atoms with Crippen molar-refractivity contribution >= 4 is 11.6 Å². The van der Waals surface area contributed by atoms with Crippen molar-refractivity contribution < 1.29 is 5.11 Å². The summed E-state index contributed by atoms with van der Waals surface area (Å²) in [7, 11) is 0. The molecule has 1 saturated heterocycles. The fraction of sp³-hybridized carbons (Fsp3) is 0.500. The van der Waals surface area contributed by atoms with Gasteiger partial charge in [0.05, 0.1) is 0 Å². The predicted octanol–water partition coefficient (Wildman–Crippen LogP) is 3.28. The zero-order valence-corrected chi connectivity index (χ0v) is 14.3. The van der Waals surface area contributed by atoms with Gasteiger partial charge in [0.1, 0.15) is 11.4 Å². The number of halogens is 1. The van der Waals surface area contributed by atoms with Gasteiger partial charge in [0.2, 0.25) is 0 Å². The number of rotatable bonds is 5. The van der Waals surface area contributed by atoms with Crippen LogP contribution in [0.2, 0.25) is 5.02 Å². The Hall–Kier alpha value is -1.36. The Labute approximate surface area is 142 Å². The van der Waals surface area contributed by atoms with Gasteiger partial charge in [-0.3, -0.25) is 0 Å². The molecule has 2 heterocycles. The minimum absolute atomic E-state index is 0.665. The predicted molar refractivity (Wildman–Crippen MR) is 92.6 cm³/mol. The molecule has 0 bridgehead atoms. The summed E-state index contributed by atoms with van der Waals surface area (Å²) < 4.78 is 2.06. The maximum Gasteiger partial charge on any atom is 0.145 e. The van der Waals surface area contributed by atoms with Crippen LogP contribution in [0.25, 0.3) is 0 Å². The van der Waals surface area contributed by atoms with Gasteiger partial charge in [-0.15, -0.1) is 0 Å². The fourth-order valence-corrected chi connectivity index (χ4v) is 3.38. The van der Waals surface area contributed by atoms with Gasteiger partial charge in [0.15, 0.2) is 0 Å². The highest BCUT2D eigenvalue weighted by molar-refractivity contribution is 6.30. The molecular weight excluding hydrogens is 310 g/mol. The first-order valence-electron chi connectivity index (χ1n) is 8.30. The second-order valence-electron chi connectivity index (χ2n) is 6.43. The number of likely N-dealkylation sites (tertiary alicyclic amines) is 1. The highest BCUT2D eigenvalue weighted by Crippen LogP contribution is 2.28. The van der Waals surface area contributed by atoms with Crippen LogP contribution in [0.1, 0.15) is 37.6 Å². The lowest BCUT2D eigenvalue weighted by Gasteiger charge is -2.28. The van der Waals surface area contributed by atoms with Gasteiger partial charge in [0, 0.05) is 30.5 Å². The molecule has 0 saturated carbocycles. The SMILES string of the molecule is CC(O)(c1ccc(Cl)cc1)c1nccn1CCN1CCCCC1. The number of piperidine rings is 1. The van der Waals surface area contributed by atoms with Crippen molar-refractivity contribution in [2.24, 2.45) is 0 Å². The number of imidazole rings is 1. The first-order chi connectivity index (χ1) is 11.1. The number of hydrogen-bond acceptors (Lipinski definition) is 3. The first-order valence-corrected chi connectivity index (χ1v) is 8.67. The van der Waals surface area contributed by atoms with E-state index in [0.29, 0.717) is 10.8 Å². The van der Waals surface area contributed by atoms with E-state index >= 15 is 0 Å². The van der Waals surface area contributed by atoms with Crippen LogP contribution >= 0.6 is 11.6 Å². The van der Waals surface area contributed by atoms with Crippen LogP contribution in [0.3, 0.4) is 0 Å². The molecule has 1 aromatic carbocycles. The summed E-state index contributed by atoms with van der Waals surface area (Å²) in [4.78, 5) is 6.90. The van der Waals surface area contributed by atoms with Crippen LogP contribution < -0.4 is 0 Å². The maximum atomic E-state index is 11.0. The highest BCUT2D eigenvalue weighted by atomic mass is 35.5. The van der Waals surface area contributed by atoms with Crippen LogP contribution in [0.5, 0.6) is 0 Å². The van der Waals surface area contributed by atoms with E-state index in [0.717, 1.165) is 18.7 Å². The second-order valence-corrected chi connectivity index (χ2v) is 6.86. The van der Waals surface area contributed by atoms with Crippen molar-refractivity contribution in [2.75, 3.05) is 19.6 Å². The fourth-order valence-electron chi connectivity index (χ4n) is 3.25. The first kappa shape index (κ1) is 16.5. The molecule has 1 atom stereocenters. The Bertz CT molecular complexity index is 630. The standard InChI is InChI=1S/C18H24ClN3O/c1-18(23,15-5-7-16(19)8-6-15)17-20-9-12-22(17)14-13-21-10-3-2-4-11-21/h5-9,12,23H,2-4,10-11,13-14H2,1H3. The summed E-state index contributed by atoms with van der Waals surface area (Å²) in [5.74, 6) is 0.678. The van der Waals surface area contributed by atoms with Gasteiger partial charge in [-0.1, -0.05) is 30.2 Å². The van der Waals surface area contributed by atoms with E-state index < -0.39 is 5.60 Å². The topological polar surface area (TPSA) is 41.3 Å². The molecule has 5 heteroatoms. The highest BCUT2D eigenvalue weighted by Gasteiger charge is 2.30. The molecule has 124 valence electrons. The average molecular weight is 334 g/mol. The van der Waals surface area contributed by atoms with Crippen LogP contribution in [0.4, 0.5) is 0 Å². The van der Waals surface area contributed by atoms with Crippen LogP contribution in [0, 0.1) is 0 Å².